The number of carbonyl (C=O) groups is 1. The summed E-state index contributed by atoms with van der Waals surface area (Å²) in [5.41, 5.74) is 0.828. The molecule has 0 fully saturated rings. The van der Waals surface area contributed by atoms with Gasteiger partial charge in [0.1, 0.15) is 12.3 Å². The normalized spacial score (nSPS) is 10.9. The number of anilines is 1. The van der Waals surface area contributed by atoms with Crippen molar-refractivity contribution in [3.8, 4) is 0 Å². The lowest BCUT2D eigenvalue weighted by Gasteiger charge is -2.02. The smallest absolute Gasteiger partial charge is 0.241 e. The van der Waals surface area contributed by atoms with Gasteiger partial charge in [-0.05, 0) is 18.2 Å². The van der Waals surface area contributed by atoms with Gasteiger partial charge in [-0.2, -0.15) is 5.10 Å². The van der Waals surface area contributed by atoms with E-state index in [0.29, 0.717) is 6.54 Å². The second-order valence-electron chi connectivity index (χ2n) is 4.30. The summed E-state index contributed by atoms with van der Waals surface area (Å²) in [6.45, 7) is 0.940. The molecule has 1 amide bonds. The van der Waals surface area contributed by atoms with Crippen LogP contribution in [0.4, 0.5) is 5.69 Å². The molecule has 0 unspecified atom stereocenters. The average molecular weight is 290 g/mol. The van der Waals surface area contributed by atoms with Crippen molar-refractivity contribution in [2.45, 2.75) is 6.54 Å². The molecule has 0 saturated heterocycles. The highest BCUT2D eigenvalue weighted by Crippen LogP contribution is 2.05. The topological polar surface area (TPSA) is 92.3 Å². The van der Waals surface area contributed by atoms with Gasteiger partial charge in [-0.3, -0.25) is 9.48 Å². The van der Waals surface area contributed by atoms with Gasteiger partial charge in [0, 0.05) is 19.3 Å². The van der Waals surface area contributed by atoms with Crippen LogP contribution in [-0.4, -0.2) is 40.5 Å². The van der Waals surface area contributed by atoms with Crippen molar-refractivity contribution in [2.24, 2.45) is 0 Å². The maximum atomic E-state index is 11.4. The number of hydrogen-bond donors (Lipinski definition) is 3. The molecule has 0 aromatic carbocycles. The lowest BCUT2D eigenvalue weighted by molar-refractivity contribution is -0.122. The lowest BCUT2D eigenvalue weighted by Crippen LogP contribution is -2.30. The standard InChI is InChI=1S/C14H18N4O3/c19-7-6-16-14(20)11-18-10-12(9-17-18)15-5-1-3-13-4-2-8-21-13/h1-4,8-10,15,19H,5-7,11H2,(H,16,20)/b3-1+. The highest BCUT2D eigenvalue weighted by atomic mass is 16.3. The molecule has 2 rings (SSSR count). The van der Waals surface area contributed by atoms with E-state index in [9.17, 15) is 4.79 Å². The molecule has 3 N–H and O–H groups in total. The zero-order valence-corrected chi connectivity index (χ0v) is 11.5. The molecule has 7 nitrogen and oxygen atoms in total. The Morgan fingerprint density at radius 1 is 1.52 bits per heavy atom. The van der Waals surface area contributed by atoms with E-state index < -0.39 is 0 Å². The summed E-state index contributed by atoms with van der Waals surface area (Å²) in [7, 11) is 0. The van der Waals surface area contributed by atoms with Crippen molar-refractivity contribution < 1.29 is 14.3 Å². The molecule has 2 heterocycles. The van der Waals surface area contributed by atoms with E-state index in [1.54, 1.807) is 18.7 Å². The number of furan rings is 1. The molecule has 112 valence electrons. The Bertz CT molecular complexity index is 575. The predicted molar refractivity (Wildman–Crippen MR) is 78.6 cm³/mol. The fourth-order valence-corrected chi connectivity index (χ4v) is 1.68. The summed E-state index contributed by atoms with van der Waals surface area (Å²) >= 11 is 0. The van der Waals surface area contributed by atoms with Crippen LogP contribution >= 0.6 is 0 Å². The van der Waals surface area contributed by atoms with Crippen LogP contribution in [0.1, 0.15) is 5.76 Å². The minimum absolute atomic E-state index is 0.0698. The summed E-state index contributed by atoms with van der Waals surface area (Å²) in [6, 6.07) is 3.71. The molecule has 0 aliphatic carbocycles. The minimum atomic E-state index is -0.184. The van der Waals surface area contributed by atoms with Gasteiger partial charge in [0.25, 0.3) is 0 Å². The molecule has 2 aromatic heterocycles. The van der Waals surface area contributed by atoms with Gasteiger partial charge < -0.3 is 20.2 Å². The number of nitrogens with one attached hydrogen (secondary N) is 2. The van der Waals surface area contributed by atoms with Gasteiger partial charge in [0.05, 0.1) is 24.8 Å². The van der Waals surface area contributed by atoms with E-state index in [1.165, 1.54) is 4.68 Å². The van der Waals surface area contributed by atoms with Gasteiger partial charge in [-0.25, -0.2) is 0 Å². The van der Waals surface area contributed by atoms with E-state index in [1.807, 2.05) is 24.3 Å². The molecular formula is C14H18N4O3. The second-order valence-corrected chi connectivity index (χ2v) is 4.30. The van der Waals surface area contributed by atoms with E-state index >= 15 is 0 Å². The van der Waals surface area contributed by atoms with Crippen molar-refractivity contribution in [3.63, 3.8) is 0 Å². The van der Waals surface area contributed by atoms with Crippen molar-refractivity contribution in [1.82, 2.24) is 15.1 Å². The predicted octanol–water partition coefficient (Wildman–Crippen LogP) is 0.710. The third-order valence-corrected chi connectivity index (χ3v) is 2.62. The van der Waals surface area contributed by atoms with Crippen LogP contribution in [-0.2, 0) is 11.3 Å². The second kappa shape index (κ2) is 7.91. The third-order valence-electron chi connectivity index (χ3n) is 2.62. The highest BCUT2D eigenvalue weighted by molar-refractivity contribution is 5.75. The van der Waals surface area contributed by atoms with Gasteiger partial charge in [-0.1, -0.05) is 6.08 Å². The van der Waals surface area contributed by atoms with Crippen molar-refractivity contribution in [3.05, 3.63) is 42.6 Å². The van der Waals surface area contributed by atoms with Crippen LogP contribution < -0.4 is 10.6 Å². The summed E-state index contributed by atoms with van der Waals surface area (Å²) in [5.74, 6) is 0.615. The first kappa shape index (κ1) is 14.9. The zero-order valence-electron chi connectivity index (χ0n) is 11.5. The fourth-order valence-electron chi connectivity index (χ4n) is 1.68. The Kier molecular flexibility index (Phi) is 5.60. The largest absolute Gasteiger partial charge is 0.465 e. The third kappa shape index (κ3) is 5.15. The summed E-state index contributed by atoms with van der Waals surface area (Å²) in [6.07, 6.45) is 8.84. The Hall–Kier alpha value is -2.54. The number of aliphatic hydroxyl groups excluding tert-OH is 1. The van der Waals surface area contributed by atoms with Gasteiger partial charge in [0.15, 0.2) is 0 Å². The number of amides is 1. The van der Waals surface area contributed by atoms with E-state index in [2.05, 4.69) is 15.7 Å². The first-order valence-electron chi connectivity index (χ1n) is 6.62. The molecule has 2 aromatic rings. The van der Waals surface area contributed by atoms with Crippen molar-refractivity contribution >= 4 is 17.7 Å². The number of aliphatic hydroxyl groups is 1. The van der Waals surface area contributed by atoms with Crippen LogP contribution in [0.15, 0.2) is 41.3 Å². The quantitative estimate of drug-likeness (QED) is 0.666. The number of aromatic nitrogens is 2. The minimum Gasteiger partial charge on any atom is -0.465 e. The molecular weight excluding hydrogens is 272 g/mol. The number of rotatable bonds is 8. The number of carbonyl (C=O) groups excluding carboxylic acids is 1. The molecule has 0 aliphatic rings. The lowest BCUT2D eigenvalue weighted by atomic mass is 10.4. The Labute approximate surface area is 122 Å². The summed E-state index contributed by atoms with van der Waals surface area (Å²) in [5, 5.41) is 18.4. The van der Waals surface area contributed by atoms with Crippen LogP contribution in [0.5, 0.6) is 0 Å². The van der Waals surface area contributed by atoms with Crippen molar-refractivity contribution in [1.29, 1.82) is 0 Å². The number of nitrogens with zero attached hydrogens (tertiary/aromatic N) is 2. The first-order valence-corrected chi connectivity index (χ1v) is 6.62. The zero-order chi connectivity index (χ0) is 14.9. The van der Waals surface area contributed by atoms with E-state index in [0.717, 1.165) is 11.4 Å². The van der Waals surface area contributed by atoms with Gasteiger partial charge in [0.2, 0.25) is 5.91 Å². The summed E-state index contributed by atoms with van der Waals surface area (Å²) < 4.78 is 6.71. The number of hydrogen-bond acceptors (Lipinski definition) is 5. The fraction of sp³-hybridized carbons (Fsp3) is 0.286. The van der Waals surface area contributed by atoms with Crippen LogP contribution in [0, 0.1) is 0 Å². The van der Waals surface area contributed by atoms with Crippen LogP contribution in [0.3, 0.4) is 0 Å². The Balaban J connectivity index is 1.74. The van der Waals surface area contributed by atoms with Gasteiger partial charge >= 0.3 is 0 Å². The summed E-state index contributed by atoms with van der Waals surface area (Å²) in [4.78, 5) is 11.4. The first-order chi connectivity index (χ1) is 10.3. The Morgan fingerprint density at radius 3 is 3.19 bits per heavy atom. The molecule has 7 heteroatoms. The molecule has 0 atom stereocenters. The molecule has 0 aliphatic heterocycles. The molecule has 0 radical (unpaired) electrons. The van der Waals surface area contributed by atoms with Crippen LogP contribution in [0.2, 0.25) is 0 Å². The van der Waals surface area contributed by atoms with E-state index in [-0.39, 0.29) is 25.6 Å². The van der Waals surface area contributed by atoms with Gasteiger partial charge in [-0.15, -0.1) is 0 Å². The van der Waals surface area contributed by atoms with Crippen molar-refractivity contribution in [2.75, 3.05) is 25.0 Å². The SMILES string of the molecule is O=C(Cn1cc(NC/C=C/c2ccco2)cn1)NCCO. The molecule has 21 heavy (non-hydrogen) atoms. The molecule has 0 saturated carbocycles. The maximum absolute atomic E-state index is 11.4. The maximum Gasteiger partial charge on any atom is 0.241 e. The average Bonchev–Trinajstić information content (AvgIpc) is 3.13. The highest BCUT2D eigenvalue weighted by Gasteiger charge is 2.03. The Morgan fingerprint density at radius 2 is 2.43 bits per heavy atom. The van der Waals surface area contributed by atoms with Crippen LogP contribution in [0.25, 0.3) is 6.08 Å². The monoisotopic (exact) mass is 290 g/mol. The van der Waals surface area contributed by atoms with E-state index in [4.69, 9.17) is 9.52 Å². The molecule has 0 spiro atoms. The molecule has 0 bridgehead atoms.